The molecule has 3 aromatic heterocycles. The number of anilines is 1. The number of halogens is 1. The molecule has 4 aromatic rings. The third-order valence-electron chi connectivity index (χ3n) is 6.21. The van der Waals surface area contributed by atoms with Crippen LogP contribution >= 0.6 is 11.6 Å². The first kappa shape index (κ1) is 20.6. The monoisotopic (exact) mass is 448 g/mol. The summed E-state index contributed by atoms with van der Waals surface area (Å²) in [4.78, 5) is 17.3. The molecule has 0 spiro atoms. The molecule has 164 valence electrons. The lowest BCUT2D eigenvalue weighted by Crippen LogP contribution is -2.49. The molecule has 0 unspecified atom stereocenters. The average molecular weight is 449 g/mol. The first-order valence-corrected chi connectivity index (χ1v) is 11.1. The van der Waals surface area contributed by atoms with Crippen molar-refractivity contribution >= 4 is 28.7 Å². The molecule has 1 saturated heterocycles. The molecule has 0 radical (unpaired) electrons. The van der Waals surface area contributed by atoms with Crippen LogP contribution in [-0.4, -0.2) is 56.4 Å². The van der Waals surface area contributed by atoms with Crippen LogP contribution in [0.3, 0.4) is 0 Å². The van der Waals surface area contributed by atoms with Gasteiger partial charge < -0.3 is 9.80 Å². The molecule has 7 nitrogen and oxygen atoms in total. The molecule has 1 aliphatic heterocycles. The SMILES string of the molecule is C[C@H](C(=O)N1CCN(c2cnn3cc(-c4cnn(C)c4)ccc23)CC1)c1ccc(Cl)cc1. The molecular weight excluding hydrogens is 424 g/mol. The van der Waals surface area contributed by atoms with Gasteiger partial charge in [-0.25, -0.2) is 4.52 Å². The minimum absolute atomic E-state index is 0.160. The number of aryl methyl sites for hydroxylation is 1. The Hall–Kier alpha value is -3.32. The molecule has 4 heterocycles. The van der Waals surface area contributed by atoms with Gasteiger partial charge in [-0.1, -0.05) is 29.8 Å². The lowest BCUT2D eigenvalue weighted by atomic mass is 9.99. The number of piperazine rings is 1. The lowest BCUT2D eigenvalue weighted by Gasteiger charge is -2.36. The number of pyridine rings is 1. The van der Waals surface area contributed by atoms with Crippen LogP contribution in [0.5, 0.6) is 0 Å². The predicted molar refractivity (Wildman–Crippen MR) is 126 cm³/mol. The maximum Gasteiger partial charge on any atom is 0.229 e. The van der Waals surface area contributed by atoms with Crippen molar-refractivity contribution in [1.82, 2.24) is 24.3 Å². The van der Waals surface area contributed by atoms with Crippen molar-refractivity contribution in [3.05, 3.63) is 71.8 Å². The molecule has 1 atom stereocenters. The lowest BCUT2D eigenvalue weighted by molar-refractivity contribution is -0.132. The molecule has 1 aromatic carbocycles. The number of amides is 1. The van der Waals surface area contributed by atoms with E-state index >= 15 is 0 Å². The van der Waals surface area contributed by atoms with E-state index in [9.17, 15) is 4.79 Å². The van der Waals surface area contributed by atoms with E-state index in [4.69, 9.17) is 11.6 Å². The number of benzene rings is 1. The Morgan fingerprint density at radius 2 is 1.69 bits per heavy atom. The van der Waals surface area contributed by atoms with Crippen LogP contribution in [0, 0.1) is 0 Å². The third kappa shape index (κ3) is 3.84. The smallest absolute Gasteiger partial charge is 0.229 e. The first-order valence-electron chi connectivity index (χ1n) is 10.8. The van der Waals surface area contributed by atoms with E-state index in [1.54, 1.807) is 4.68 Å². The van der Waals surface area contributed by atoms with Gasteiger partial charge in [-0.15, -0.1) is 0 Å². The van der Waals surface area contributed by atoms with E-state index in [1.807, 2.05) is 72.4 Å². The zero-order valence-electron chi connectivity index (χ0n) is 18.1. The van der Waals surface area contributed by atoms with Gasteiger partial charge in [-0.05, 0) is 30.7 Å². The minimum Gasteiger partial charge on any atom is -0.365 e. The van der Waals surface area contributed by atoms with E-state index in [-0.39, 0.29) is 11.8 Å². The molecule has 5 rings (SSSR count). The number of fused-ring (bicyclic) bond motifs is 1. The predicted octanol–water partition coefficient (Wildman–Crippen LogP) is 3.84. The van der Waals surface area contributed by atoms with Crippen LogP contribution < -0.4 is 4.90 Å². The highest BCUT2D eigenvalue weighted by molar-refractivity contribution is 6.30. The minimum atomic E-state index is -0.179. The molecule has 0 N–H and O–H groups in total. The summed E-state index contributed by atoms with van der Waals surface area (Å²) in [5.74, 6) is -0.0189. The highest BCUT2D eigenvalue weighted by Crippen LogP contribution is 2.27. The van der Waals surface area contributed by atoms with Crippen LogP contribution in [0.4, 0.5) is 5.69 Å². The van der Waals surface area contributed by atoms with E-state index in [1.165, 1.54) is 0 Å². The van der Waals surface area contributed by atoms with E-state index in [2.05, 4.69) is 27.2 Å². The van der Waals surface area contributed by atoms with Crippen LogP contribution in [0.2, 0.25) is 5.02 Å². The second kappa shape index (κ2) is 8.31. The fourth-order valence-corrected chi connectivity index (χ4v) is 4.42. The summed E-state index contributed by atoms with van der Waals surface area (Å²) in [7, 11) is 1.91. The topological polar surface area (TPSA) is 58.7 Å². The number of hydrogen-bond acceptors (Lipinski definition) is 4. The molecule has 0 bridgehead atoms. The fourth-order valence-electron chi connectivity index (χ4n) is 4.29. The molecule has 0 aliphatic carbocycles. The maximum atomic E-state index is 13.0. The normalized spacial score (nSPS) is 15.3. The van der Waals surface area contributed by atoms with E-state index < -0.39 is 0 Å². The van der Waals surface area contributed by atoms with Crippen molar-refractivity contribution in [1.29, 1.82) is 0 Å². The second-order valence-electron chi connectivity index (χ2n) is 8.27. The van der Waals surface area contributed by atoms with Gasteiger partial charge >= 0.3 is 0 Å². The molecule has 1 fully saturated rings. The molecule has 0 saturated carbocycles. The summed E-state index contributed by atoms with van der Waals surface area (Å²) in [6.07, 6.45) is 7.79. The zero-order chi connectivity index (χ0) is 22.2. The van der Waals surface area contributed by atoms with Crippen molar-refractivity contribution in [3.8, 4) is 11.1 Å². The Morgan fingerprint density at radius 3 is 2.38 bits per heavy atom. The van der Waals surface area contributed by atoms with Crippen LogP contribution in [0.15, 0.2) is 61.2 Å². The fraction of sp³-hybridized carbons (Fsp3) is 0.292. The summed E-state index contributed by atoms with van der Waals surface area (Å²) in [6, 6.07) is 11.7. The zero-order valence-corrected chi connectivity index (χ0v) is 18.9. The summed E-state index contributed by atoms with van der Waals surface area (Å²) in [5.41, 5.74) is 5.29. The summed E-state index contributed by atoms with van der Waals surface area (Å²) >= 11 is 5.98. The Bertz CT molecular complexity index is 1250. The van der Waals surface area contributed by atoms with Crippen molar-refractivity contribution in [2.45, 2.75) is 12.8 Å². The van der Waals surface area contributed by atoms with Gasteiger partial charge in [0.05, 0.1) is 29.5 Å². The Morgan fingerprint density at radius 1 is 0.938 bits per heavy atom. The second-order valence-corrected chi connectivity index (χ2v) is 8.70. The highest BCUT2D eigenvalue weighted by Gasteiger charge is 2.27. The average Bonchev–Trinajstić information content (AvgIpc) is 3.44. The molecule has 32 heavy (non-hydrogen) atoms. The van der Waals surface area contributed by atoms with E-state index in [0.717, 1.165) is 41.0 Å². The Balaban J connectivity index is 1.27. The van der Waals surface area contributed by atoms with Gasteiger partial charge in [-0.3, -0.25) is 9.48 Å². The maximum absolute atomic E-state index is 13.0. The van der Waals surface area contributed by atoms with Gasteiger partial charge in [0, 0.05) is 61.8 Å². The quantitative estimate of drug-likeness (QED) is 0.476. The van der Waals surface area contributed by atoms with Crippen molar-refractivity contribution in [3.63, 3.8) is 0 Å². The van der Waals surface area contributed by atoms with Gasteiger partial charge in [-0.2, -0.15) is 10.2 Å². The molecule has 8 heteroatoms. The van der Waals surface area contributed by atoms with Crippen LogP contribution in [0.1, 0.15) is 18.4 Å². The molecular formula is C24H25ClN6O. The summed E-state index contributed by atoms with van der Waals surface area (Å²) < 4.78 is 3.71. The Labute approximate surface area is 191 Å². The van der Waals surface area contributed by atoms with Crippen LogP contribution in [0.25, 0.3) is 16.6 Å². The van der Waals surface area contributed by atoms with Crippen LogP contribution in [-0.2, 0) is 11.8 Å². The summed E-state index contributed by atoms with van der Waals surface area (Å²) in [5, 5.41) is 9.50. The van der Waals surface area contributed by atoms with Gasteiger partial charge in [0.2, 0.25) is 5.91 Å². The largest absolute Gasteiger partial charge is 0.365 e. The first-order chi connectivity index (χ1) is 15.5. The van der Waals surface area contributed by atoms with Crippen molar-refractivity contribution in [2.24, 2.45) is 7.05 Å². The van der Waals surface area contributed by atoms with Gasteiger partial charge in [0.1, 0.15) is 0 Å². The number of hydrogen-bond donors (Lipinski definition) is 0. The Kier molecular flexibility index (Phi) is 5.35. The highest BCUT2D eigenvalue weighted by atomic mass is 35.5. The standard InChI is InChI=1S/C24H25ClN6O/c1-17(18-3-6-21(25)7-4-18)24(32)30-11-9-29(10-12-30)23-14-27-31-16-19(5-8-22(23)31)20-13-26-28(2)15-20/h3-8,13-17H,9-12H2,1-2H3/t17-/m0/s1. The number of carbonyl (C=O) groups excluding carboxylic acids is 1. The van der Waals surface area contributed by atoms with E-state index in [0.29, 0.717) is 18.1 Å². The number of aromatic nitrogens is 4. The molecule has 1 aliphatic rings. The van der Waals surface area contributed by atoms with Crippen molar-refractivity contribution < 1.29 is 4.79 Å². The number of nitrogens with zero attached hydrogens (tertiary/aromatic N) is 6. The van der Waals surface area contributed by atoms with Gasteiger partial charge in [0.15, 0.2) is 0 Å². The van der Waals surface area contributed by atoms with Gasteiger partial charge in [0.25, 0.3) is 0 Å². The number of rotatable bonds is 4. The summed E-state index contributed by atoms with van der Waals surface area (Å²) in [6.45, 7) is 4.92. The van der Waals surface area contributed by atoms with Crippen molar-refractivity contribution in [2.75, 3.05) is 31.1 Å². The number of carbonyl (C=O) groups is 1. The molecule has 1 amide bonds. The third-order valence-corrected chi connectivity index (χ3v) is 6.46.